The van der Waals surface area contributed by atoms with Crippen molar-refractivity contribution < 1.29 is 32.8 Å². The molecule has 4 aromatic carbocycles. The Balaban J connectivity index is 0.00000289. The third-order valence-electron chi connectivity index (χ3n) is 9.24. The van der Waals surface area contributed by atoms with Crippen molar-refractivity contribution in [2.45, 2.75) is 53.5 Å². The van der Waals surface area contributed by atoms with Crippen molar-refractivity contribution in [3.05, 3.63) is 129 Å². The summed E-state index contributed by atoms with van der Waals surface area (Å²) in [6.07, 6.45) is 8.94. The Morgan fingerprint density at radius 1 is 0.675 bits per heavy atom. The Morgan fingerprint density at radius 2 is 1.30 bits per heavy atom. The van der Waals surface area contributed by atoms with Crippen LogP contribution in [0.15, 0.2) is 96.1 Å². The second kappa shape index (κ2) is 11.2. The molecule has 0 spiro atoms. The molecule has 2 unspecified atom stereocenters. The summed E-state index contributed by atoms with van der Waals surface area (Å²) in [5.74, 6) is 0. The first-order chi connectivity index (χ1) is 19.0. The first kappa shape index (κ1) is 27.9. The summed E-state index contributed by atoms with van der Waals surface area (Å²) >= 11 is -2.08. The molecule has 4 aromatic rings. The van der Waals surface area contributed by atoms with E-state index in [9.17, 15) is 0 Å². The summed E-state index contributed by atoms with van der Waals surface area (Å²) in [7, 11) is 0. The SMILES string of the molecule is CC1=Cc2c(-c3ccccc3)cccc2[CH]1[Zr+]([CH]1C(C)=Cc2c1cc1c(c2-c2ccccc2)CCC1)=[Si](C)C.[Cl-]. The molecular weight excluding hydrogens is 599 g/mol. The van der Waals surface area contributed by atoms with E-state index in [2.05, 4.69) is 124 Å². The second-order valence-electron chi connectivity index (χ2n) is 11.9. The molecule has 7 rings (SSSR count). The number of rotatable bonds is 4. The van der Waals surface area contributed by atoms with E-state index in [0.717, 1.165) is 0 Å². The number of allylic oxidation sites excluding steroid dienone is 2. The van der Waals surface area contributed by atoms with Gasteiger partial charge in [-0.1, -0.05) is 0 Å². The van der Waals surface area contributed by atoms with E-state index >= 15 is 0 Å². The van der Waals surface area contributed by atoms with Crippen molar-refractivity contribution in [2.75, 3.05) is 0 Å². The van der Waals surface area contributed by atoms with Gasteiger partial charge in [-0.2, -0.15) is 0 Å². The van der Waals surface area contributed by atoms with Crippen LogP contribution in [0.3, 0.4) is 0 Å². The van der Waals surface area contributed by atoms with Gasteiger partial charge in [0, 0.05) is 0 Å². The van der Waals surface area contributed by atoms with Gasteiger partial charge in [0.15, 0.2) is 0 Å². The molecule has 0 bridgehead atoms. The van der Waals surface area contributed by atoms with Crippen molar-refractivity contribution in [2.24, 2.45) is 0 Å². The number of hydrogen-bond donors (Lipinski definition) is 0. The van der Waals surface area contributed by atoms with Gasteiger partial charge >= 0.3 is 243 Å². The number of aryl methyl sites for hydroxylation is 1. The zero-order valence-corrected chi connectivity index (χ0v) is 28.1. The fraction of sp³-hybridized carbons (Fsp3) is 0.243. The Hall–Kier alpha value is -2.25. The molecule has 0 heterocycles. The van der Waals surface area contributed by atoms with Crippen molar-refractivity contribution in [3.8, 4) is 22.3 Å². The molecule has 3 aliphatic carbocycles. The van der Waals surface area contributed by atoms with Crippen LogP contribution in [0.1, 0.15) is 60.9 Å². The van der Waals surface area contributed by atoms with Gasteiger partial charge < -0.3 is 12.4 Å². The summed E-state index contributed by atoms with van der Waals surface area (Å²) < 4.78 is 1.35. The summed E-state index contributed by atoms with van der Waals surface area (Å²) in [4.78, 5) is 0. The summed E-state index contributed by atoms with van der Waals surface area (Å²) in [5.41, 5.74) is 18.2. The molecule has 40 heavy (non-hydrogen) atoms. The molecule has 0 saturated carbocycles. The monoisotopic (exact) mass is 633 g/mol. The van der Waals surface area contributed by atoms with Gasteiger partial charge in [0.25, 0.3) is 0 Å². The molecule has 0 saturated heterocycles. The Labute approximate surface area is 253 Å². The molecule has 2 atom stereocenters. The van der Waals surface area contributed by atoms with Gasteiger partial charge in [0.2, 0.25) is 0 Å². The number of hydrogen-bond acceptors (Lipinski definition) is 0. The van der Waals surface area contributed by atoms with Gasteiger partial charge in [0.1, 0.15) is 0 Å². The van der Waals surface area contributed by atoms with E-state index in [-0.39, 0.29) is 12.4 Å². The Morgan fingerprint density at radius 3 is 1.98 bits per heavy atom. The van der Waals surface area contributed by atoms with E-state index in [1.165, 1.54) is 41.5 Å². The van der Waals surface area contributed by atoms with E-state index in [4.69, 9.17) is 0 Å². The van der Waals surface area contributed by atoms with Crippen LogP contribution in [-0.2, 0) is 33.2 Å². The van der Waals surface area contributed by atoms with Crippen LogP contribution in [-0.4, -0.2) is 5.43 Å². The van der Waals surface area contributed by atoms with Gasteiger partial charge in [-0.25, -0.2) is 0 Å². The van der Waals surface area contributed by atoms with Crippen molar-refractivity contribution in [1.29, 1.82) is 0 Å². The molecule has 0 amide bonds. The molecular formula is C37H36ClSiZr. The maximum atomic E-state index is 2.68. The van der Waals surface area contributed by atoms with Crippen LogP contribution >= 0.6 is 0 Å². The summed E-state index contributed by atoms with van der Waals surface area (Å²) in [6.45, 7) is 10.2. The maximum absolute atomic E-state index is 2.68. The summed E-state index contributed by atoms with van der Waals surface area (Å²) in [6, 6.07) is 32.1. The first-order valence-corrected chi connectivity index (χ1v) is 23.5. The molecule has 0 fully saturated rings. The second-order valence-corrected chi connectivity index (χ2v) is 29.8. The fourth-order valence-electron chi connectivity index (χ4n) is 7.66. The molecule has 0 radical (unpaired) electrons. The van der Waals surface area contributed by atoms with E-state index in [1.54, 1.807) is 44.5 Å². The van der Waals surface area contributed by atoms with Gasteiger partial charge in [-0.3, -0.25) is 0 Å². The molecule has 3 aliphatic rings. The smallest absolute Gasteiger partial charge is 1.00 e. The summed E-state index contributed by atoms with van der Waals surface area (Å²) in [5, 5.41) is 0. The minimum Gasteiger partial charge on any atom is -1.00 e. The normalized spacial score (nSPS) is 18.3. The van der Waals surface area contributed by atoms with Crippen LogP contribution in [0.5, 0.6) is 0 Å². The van der Waals surface area contributed by atoms with Crippen LogP contribution in [0.25, 0.3) is 34.4 Å². The number of benzene rings is 4. The van der Waals surface area contributed by atoms with Gasteiger partial charge in [-0.15, -0.1) is 0 Å². The average molecular weight is 635 g/mol. The Kier molecular flexibility index (Phi) is 7.81. The van der Waals surface area contributed by atoms with Crippen LogP contribution in [0.2, 0.25) is 13.1 Å². The fourth-order valence-corrected chi connectivity index (χ4v) is 28.4. The third kappa shape index (κ3) is 4.52. The quantitative estimate of drug-likeness (QED) is 0.212. The molecule has 0 nitrogen and oxygen atoms in total. The minimum atomic E-state index is -2.08. The van der Waals surface area contributed by atoms with Crippen molar-refractivity contribution >= 4 is 17.6 Å². The maximum Gasteiger partial charge on any atom is -1.00 e. The Bertz CT molecular complexity index is 1710. The van der Waals surface area contributed by atoms with Gasteiger partial charge in [0.05, 0.1) is 0 Å². The largest absolute Gasteiger partial charge is 1.00 e. The van der Waals surface area contributed by atoms with Crippen molar-refractivity contribution in [1.82, 2.24) is 0 Å². The van der Waals surface area contributed by atoms with Crippen LogP contribution in [0, 0.1) is 0 Å². The molecule has 0 aliphatic heterocycles. The topological polar surface area (TPSA) is 0 Å². The third-order valence-corrected chi connectivity index (χ3v) is 29.1. The predicted octanol–water partition coefficient (Wildman–Crippen LogP) is 7.00. The van der Waals surface area contributed by atoms with Crippen LogP contribution < -0.4 is 12.4 Å². The van der Waals surface area contributed by atoms with E-state index in [0.29, 0.717) is 7.25 Å². The molecule has 0 aromatic heterocycles. The van der Waals surface area contributed by atoms with Crippen LogP contribution in [0.4, 0.5) is 0 Å². The molecule has 3 heteroatoms. The average Bonchev–Trinajstić information content (AvgIpc) is 3.64. The van der Waals surface area contributed by atoms with E-state index in [1.807, 2.05) is 0 Å². The zero-order chi connectivity index (χ0) is 26.7. The first-order valence-electron chi connectivity index (χ1n) is 14.5. The zero-order valence-electron chi connectivity index (χ0n) is 23.9. The predicted molar refractivity (Wildman–Crippen MR) is 166 cm³/mol. The minimum absolute atomic E-state index is 0. The number of halogens is 1. The number of fused-ring (bicyclic) bond motifs is 3. The molecule has 0 N–H and O–H groups in total. The van der Waals surface area contributed by atoms with Crippen molar-refractivity contribution in [3.63, 3.8) is 0 Å². The molecule has 199 valence electrons. The standard InChI is InChI=1S/C19H17.C16H13.C2H6Si.ClH.Zr/c1-13-10-16-12-15-8-5-9-17(15)19(18(16)11-13)14-6-3-2-4-7-14;1-12-10-14-8-5-9-15(16(14)11-12)13-6-3-2-4-7-13;1-3-2;;/h2-4,6-7,10-12H,5,8-9H2,1H3;2-11H,1H3;1-2H3;1H;/q;;;;+1/p-1. The van der Waals surface area contributed by atoms with Gasteiger partial charge in [-0.05, 0) is 0 Å². The van der Waals surface area contributed by atoms with E-state index < -0.39 is 25.8 Å².